The summed E-state index contributed by atoms with van der Waals surface area (Å²) in [5.74, 6) is -1.21. The van der Waals surface area contributed by atoms with Gasteiger partial charge in [0.25, 0.3) is 11.8 Å². The monoisotopic (exact) mass is 369 g/mol. The van der Waals surface area contributed by atoms with Crippen molar-refractivity contribution in [3.05, 3.63) is 58.7 Å². The number of fused-ring (bicyclic) bond motifs is 1. The van der Waals surface area contributed by atoms with E-state index in [4.69, 9.17) is 14.3 Å². The number of carbonyl (C=O) groups is 3. The van der Waals surface area contributed by atoms with Gasteiger partial charge in [0, 0.05) is 5.56 Å². The average molecular weight is 369 g/mol. The number of ether oxygens (including phenoxy) is 2. The van der Waals surface area contributed by atoms with E-state index in [1.807, 2.05) is 13.8 Å². The number of hydrogen-bond acceptors (Lipinski definition) is 6. The van der Waals surface area contributed by atoms with Gasteiger partial charge in [-0.25, -0.2) is 4.79 Å². The highest BCUT2D eigenvalue weighted by molar-refractivity contribution is 6.21. The van der Waals surface area contributed by atoms with Crippen LogP contribution in [0.1, 0.15) is 56.4 Å². The summed E-state index contributed by atoms with van der Waals surface area (Å²) in [6.07, 6.45) is 0. The topological polar surface area (TPSA) is 82.1 Å². The number of amides is 2. The van der Waals surface area contributed by atoms with Crippen LogP contribution in [0.3, 0.4) is 0 Å². The molecular formula is C20H19NO6. The van der Waals surface area contributed by atoms with E-state index in [-0.39, 0.29) is 22.6 Å². The van der Waals surface area contributed by atoms with Crippen molar-refractivity contribution in [2.45, 2.75) is 19.8 Å². The number of benzene rings is 2. The molecular weight excluding hydrogens is 350 g/mol. The van der Waals surface area contributed by atoms with E-state index in [1.54, 1.807) is 12.1 Å². The molecule has 0 saturated heterocycles. The summed E-state index contributed by atoms with van der Waals surface area (Å²) < 4.78 is 10.7. The Kier molecular flexibility index (Phi) is 4.85. The summed E-state index contributed by atoms with van der Waals surface area (Å²) in [6, 6.07) is 9.28. The van der Waals surface area contributed by atoms with Crippen molar-refractivity contribution in [2.24, 2.45) is 0 Å². The fraction of sp³-hybridized carbons (Fsp3) is 0.250. The molecule has 0 saturated carbocycles. The van der Waals surface area contributed by atoms with E-state index in [9.17, 15) is 14.4 Å². The van der Waals surface area contributed by atoms with Gasteiger partial charge in [-0.1, -0.05) is 31.0 Å². The standard InChI is InChI=1S/C20H19NO6/c1-11(2)17-15(25-3)9-12(10-16(17)26-4)20(24)27-21-18(22)13-7-5-6-8-14(13)19(21)23/h5-11H,1-4H3. The van der Waals surface area contributed by atoms with E-state index >= 15 is 0 Å². The summed E-state index contributed by atoms with van der Waals surface area (Å²) in [7, 11) is 2.97. The molecule has 2 aromatic rings. The molecule has 0 unspecified atom stereocenters. The molecule has 0 bridgehead atoms. The van der Waals surface area contributed by atoms with Crippen molar-refractivity contribution < 1.29 is 28.7 Å². The molecule has 7 heteroatoms. The minimum absolute atomic E-state index is 0.0937. The normalized spacial score (nSPS) is 13.0. The highest BCUT2D eigenvalue weighted by atomic mass is 16.7. The molecule has 7 nitrogen and oxygen atoms in total. The maximum atomic E-state index is 12.6. The van der Waals surface area contributed by atoms with E-state index in [1.165, 1.54) is 38.5 Å². The van der Waals surface area contributed by atoms with Gasteiger partial charge in [0.1, 0.15) is 11.5 Å². The molecule has 1 aliphatic heterocycles. The molecule has 3 rings (SSSR count). The zero-order valence-electron chi connectivity index (χ0n) is 15.4. The lowest BCUT2D eigenvalue weighted by atomic mass is 9.98. The van der Waals surface area contributed by atoms with E-state index < -0.39 is 17.8 Å². The highest BCUT2D eigenvalue weighted by Crippen LogP contribution is 2.36. The molecule has 0 spiro atoms. The van der Waals surface area contributed by atoms with Gasteiger partial charge >= 0.3 is 5.97 Å². The number of rotatable bonds is 5. The Morgan fingerprint density at radius 3 is 1.81 bits per heavy atom. The van der Waals surface area contributed by atoms with Crippen LogP contribution in [0, 0.1) is 0 Å². The van der Waals surface area contributed by atoms with E-state index in [0.29, 0.717) is 16.6 Å². The average Bonchev–Trinajstić information content (AvgIpc) is 2.91. The zero-order chi connectivity index (χ0) is 19.7. The van der Waals surface area contributed by atoms with Gasteiger partial charge < -0.3 is 14.3 Å². The van der Waals surface area contributed by atoms with Crippen LogP contribution in [0.15, 0.2) is 36.4 Å². The van der Waals surface area contributed by atoms with Crippen LogP contribution >= 0.6 is 0 Å². The maximum absolute atomic E-state index is 12.6. The number of carbonyl (C=O) groups excluding carboxylic acids is 3. The lowest BCUT2D eigenvalue weighted by Crippen LogP contribution is -2.32. The molecule has 2 amide bonds. The first-order valence-corrected chi connectivity index (χ1v) is 8.35. The van der Waals surface area contributed by atoms with Gasteiger partial charge in [-0.05, 0) is 30.2 Å². The molecule has 1 aliphatic rings. The van der Waals surface area contributed by atoms with Crippen LogP contribution in [0.4, 0.5) is 0 Å². The molecule has 0 radical (unpaired) electrons. The first kappa shape index (κ1) is 18.4. The van der Waals surface area contributed by atoms with Crippen LogP contribution < -0.4 is 9.47 Å². The molecule has 140 valence electrons. The van der Waals surface area contributed by atoms with Crippen molar-refractivity contribution in [3.63, 3.8) is 0 Å². The number of methoxy groups -OCH3 is 2. The molecule has 0 fully saturated rings. The summed E-state index contributed by atoms with van der Waals surface area (Å²) in [6.45, 7) is 3.94. The number of hydrogen-bond donors (Lipinski definition) is 0. The summed E-state index contributed by atoms with van der Waals surface area (Å²) >= 11 is 0. The van der Waals surface area contributed by atoms with Gasteiger partial charge in [-0.3, -0.25) is 9.59 Å². The van der Waals surface area contributed by atoms with Crippen LogP contribution in [0.5, 0.6) is 11.5 Å². The molecule has 27 heavy (non-hydrogen) atoms. The highest BCUT2D eigenvalue weighted by Gasteiger charge is 2.39. The first-order chi connectivity index (χ1) is 12.9. The van der Waals surface area contributed by atoms with Crippen LogP contribution in [-0.2, 0) is 4.84 Å². The van der Waals surface area contributed by atoms with Gasteiger partial charge in [0.2, 0.25) is 0 Å². The van der Waals surface area contributed by atoms with Gasteiger partial charge in [0.15, 0.2) is 0 Å². The Hall–Kier alpha value is -3.35. The molecule has 0 aliphatic carbocycles. The van der Waals surface area contributed by atoms with Crippen molar-refractivity contribution in [2.75, 3.05) is 14.2 Å². The predicted molar refractivity (Wildman–Crippen MR) is 96.0 cm³/mol. The van der Waals surface area contributed by atoms with E-state index in [0.717, 1.165) is 5.56 Å². The Morgan fingerprint density at radius 2 is 1.41 bits per heavy atom. The zero-order valence-corrected chi connectivity index (χ0v) is 15.4. The number of imide groups is 1. The minimum Gasteiger partial charge on any atom is -0.496 e. The lowest BCUT2D eigenvalue weighted by Gasteiger charge is -2.18. The van der Waals surface area contributed by atoms with Crippen LogP contribution in [-0.4, -0.2) is 37.1 Å². The third kappa shape index (κ3) is 3.12. The molecule has 0 aromatic heterocycles. The number of hydroxylamine groups is 2. The fourth-order valence-electron chi connectivity index (χ4n) is 3.01. The molecule has 1 heterocycles. The van der Waals surface area contributed by atoms with Crippen molar-refractivity contribution in [1.29, 1.82) is 0 Å². The van der Waals surface area contributed by atoms with Gasteiger partial charge in [0.05, 0.1) is 30.9 Å². The third-order valence-corrected chi connectivity index (χ3v) is 4.29. The van der Waals surface area contributed by atoms with Crippen molar-refractivity contribution in [3.8, 4) is 11.5 Å². The van der Waals surface area contributed by atoms with Crippen LogP contribution in [0.25, 0.3) is 0 Å². The fourth-order valence-corrected chi connectivity index (χ4v) is 3.01. The second kappa shape index (κ2) is 7.11. The quantitative estimate of drug-likeness (QED) is 0.753. The maximum Gasteiger partial charge on any atom is 0.364 e. The largest absolute Gasteiger partial charge is 0.496 e. The number of nitrogens with zero attached hydrogens (tertiary/aromatic N) is 1. The molecule has 0 atom stereocenters. The summed E-state index contributed by atoms with van der Waals surface area (Å²) in [5.41, 5.74) is 1.29. The Balaban J connectivity index is 1.92. The first-order valence-electron chi connectivity index (χ1n) is 8.35. The van der Waals surface area contributed by atoms with E-state index in [2.05, 4.69) is 0 Å². The summed E-state index contributed by atoms with van der Waals surface area (Å²) in [5, 5.41) is 0.475. The second-order valence-corrected chi connectivity index (χ2v) is 6.28. The molecule has 0 N–H and O–H groups in total. The Labute approximate surface area is 156 Å². The predicted octanol–water partition coefficient (Wildman–Crippen LogP) is 3.20. The van der Waals surface area contributed by atoms with Gasteiger partial charge in [-0.15, -0.1) is 0 Å². The van der Waals surface area contributed by atoms with Gasteiger partial charge in [-0.2, -0.15) is 0 Å². The van der Waals surface area contributed by atoms with Crippen molar-refractivity contribution in [1.82, 2.24) is 5.06 Å². The summed E-state index contributed by atoms with van der Waals surface area (Å²) in [4.78, 5) is 42.4. The SMILES string of the molecule is COc1cc(C(=O)ON2C(=O)c3ccccc3C2=O)cc(OC)c1C(C)C. The minimum atomic E-state index is -0.864. The Bertz CT molecular complexity index is 874. The smallest absolute Gasteiger partial charge is 0.364 e. The Morgan fingerprint density at radius 1 is 0.926 bits per heavy atom. The second-order valence-electron chi connectivity index (χ2n) is 6.28. The lowest BCUT2D eigenvalue weighted by molar-refractivity contribution is -0.0584. The third-order valence-electron chi connectivity index (χ3n) is 4.29. The van der Waals surface area contributed by atoms with Crippen LogP contribution in [0.2, 0.25) is 0 Å². The van der Waals surface area contributed by atoms with Crippen molar-refractivity contribution >= 4 is 17.8 Å². The molecule has 2 aromatic carbocycles.